The zero-order valence-electron chi connectivity index (χ0n) is 7.94. The van der Waals surface area contributed by atoms with Crippen LogP contribution in [0.2, 0.25) is 5.15 Å². The molecule has 1 N–H and O–H groups in total. The molecule has 0 saturated carbocycles. The maximum atomic E-state index is 10.8. The highest BCUT2D eigenvalue weighted by Crippen LogP contribution is 2.17. The van der Waals surface area contributed by atoms with Gasteiger partial charge < -0.3 is 5.11 Å². The van der Waals surface area contributed by atoms with Crippen molar-refractivity contribution in [3.05, 3.63) is 28.7 Å². The van der Waals surface area contributed by atoms with Crippen LogP contribution in [0.5, 0.6) is 0 Å². The molecular formula is C9H8ClN3O2. The fraction of sp³-hybridized carbons (Fsp3) is 0.222. The SMILES string of the molecule is CCc1nnc2cc(C(=O)O)cc(Cl)n12. The summed E-state index contributed by atoms with van der Waals surface area (Å²) in [5, 5.41) is 16.9. The highest BCUT2D eigenvalue weighted by molar-refractivity contribution is 6.30. The van der Waals surface area contributed by atoms with E-state index in [1.807, 2.05) is 6.92 Å². The van der Waals surface area contributed by atoms with Gasteiger partial charge in [-0.2, -0.15) is 0 Å². The molecule has 0 fully saturated rings. The minimum absolute atomic E-state index is 0.113. The summed E-state index contributed by atoms with van der Waals surface area (Å²) in [6, 6.07) is 2.83. The first-order valence-corrected chi connectivity index (χ1v) is 4.78. The van der Waals surface area contributed by atoms with Gasteiger partial charge in [0.05, 0.1) is 5.56 Å². The fourth-order valence-corrected chi connectivity index (χ4v) is 1.68. The van der Waals surface area contributed by atoms with Gasteiger partial charge in [-0.05, 0) is 12.1 Å². The van der Waals surface area contributed by atoms with Crippen LogP contribution in [0.3, 0.4) is 0 Å². The summed E-state index contributed by atoms with van der Waals surface area (Å²) in [4.78, 5) is 10.8. The number of carboxylic acid groups (broad SMARTS) is 1. The predicted octanol–water partition coefficient (Wildman–Crippen LogP) is 1.64. The van der Waals surface area contributed by atoms with Crippen LogP contribution in [0.25, 0.3) is 5.65 Å². The molecular weight excluding hydrogens is 218 g/mol. The molecule has 5 nitrogen and oxygen atoms in total. The van der Waals surface area contributed by atoms with E-state index in [-0.39, 0.29) is 5.56 Å². The third-order valence-corrected chi connectivity index (χ3v) is 2.37. The molecule has 0 unspecified atom stereocenters. The van der Waals surface area contributed by atoms with E-state index in [9.17, 15) is 4.79 Å². The van der Waals surface area contributed by atoms with Gasteiger partial charge in [-0.3, -0.25) is 4.40 Å². The lowest BCUT2D eigenvalue weighted by Crippen LogP contribution is -2.00. The Morgan fingerprint density at radius 1 is 1.53 bits per heavy atom. The van der Waals surface area contributed by atoms with Gasteiger partial charge in [0, 0.05) is 6.42 Å². The monoisotopic (exact) mass is 225 g/mol. The number of aryl methyl sites for hydroxylation is 1. The van der Waals surface area contributed by atoms with E-state index in [1.165, 1.54) is 12.1 Å². The first-order chi connectivity index (χ1) is 7.13. The summed E-state index contributed by atoms with van der Waals surface area (Å²) >= 11 is 5.95. The van der Waals surface area contributed by atoms with Crippen molar-refractivity contribution in [3.8, 4) is 0 Å². The number of rotatable bonds is 2. The lowest BCUT2D eigenvalue weighted by Gasteiger charge is -2.01. The van der Waals surface area contributed by atoms with Crippen molar-refractivity contribution in [1.82, 2.24) is 14.6 Å². The maximum absolute atomic E-state index is 10.8. The van der Waals surface area contributed by atoms with Gasteiger partial charge in [0.25, 0.3) is 0 Å². The first-order valence-electron chi connectivity index (χ1n) is 4.40. The third kappa shape index (κ3) is 1.55. The van der Waals surface area contributed by atoms with Crippen LogP contribution < -0.4 is 0 Å². The third-order valence-electron chi connectivity index (χ3n) is 2.09. The quantitative estimate of drug-likeness (QED) is 0.789. The van der Waals surface area contributed by atoms with E-state index in [0.29, 0.717) is 23.0 Å². The highest BCUT2D eigenvalue weighted by Gasteiger charge is 2.11. The van der Waals surface area contributed by atoms with Crippen molar-refractivity contribution < 1.29 is 9.90 Å². The van der Waals surface area contributed by atoms with Crippen molar-refractivity contribution in [1.29, 1.82) is 0 Å². The number of hydrogen-bond acceptors (Lipinski definition) is 3. The Morgan fingerprint density at radius 3 is 2.87 bits per heavy atom. The number of halogens is 1. The summed E-state index contributed by atoms with van der Waals surface area (Å²) in [6.45, 7) is 1.93. The molecule has 2 aromatic heterocycles. The van der Waals surface area contributed by atoms with Crippen molar-refractivity contribution in [2.75, 3.05) is 0 Å². The molecule has 2 aromatic rings. The Balaban J connectivity index is 2.74. The fourth-order valence-electron chi connectivity index (χ4n) is 1.38. The molecule has 6 heteroatoms. The molecule has 0 aromatic carbocycles. The summed E-state index contributed by atoms with van der Waals surface area (Å²) in [5.41, 5.74) is 0.569. The number of carboxylic acids is 1. The molecule has 0 radical (unpaired) electrons. The predicted molar refractivity (Wildman–Crippen MR) is 54.3 cm³/mol. The lowest BCUT2D eigenvalue weighted by molar-refractivity contribution is 0.0697. The van der Waals surface area contributed by atoms with Crippen LogP contribution in [-0.2, 0) is 6.42 Å². The van der Waals surface area contributed by atoms with Crippen LogP contribution in [0.4, 0.5) is 0 Å². The number of pyridine rings is 1. The Morgan fingerprint density at radius 2 is 2.27 bits per heavy atom. The largest absolute Gasteiger partial charge is 0.478 e. The number of aromatic carboxylic acids is 1. The van der Waals surface area contributed by atoms with Gasteiger partial charge in [-0.25, -0.2) is 4.79 Å². The second kappa shape index (κ2) is 3.51. The molecule has 0 bridgehead atoms. The number of aromatic nitrogens is 3. The highest BCUT2D eigenvalue weighted by atomic mass is 35.5. The molecule has 15 heavy (non-hydrogen) atoms. The van der Waals surface area contributed by atoms with Crippen molar-refractivity contribution in [2.45, 2.75) is 13.3 Å². The zero-order valence-corrected chi connectivity index (χ0v) is 8.69. The smallest absolute Gasteiger partial charge is 0.335 e. The van der Waals surface area contributed by atoms with Gasteiger partial charge in [0.1, 0.15) is 11.0 Å². The summed E-state index contributed by atoms with van der Waals surface area (Å²) < 4.78 is 1.63. The normalized spacial score (nSPS) is 10.8. The van der Waals surface area contributed by atoms with Crippen molar-refractivity contribution in [3.63, 3.8) is 0 Å². The lowest BCUT2D eigenvalue weighted by atomic mass is 10.2. The maximum Gasteiger partial charge on any atom is 0.335 e. The van der Waals surface area contributed by atoms with Gasteiger partial charge in [-0.1, -0.05) is 18.5 Å². The summed E-state index contributed by atoms with van der Waals surface area (Å²) in [5.74, 6) is -0.313. The molecule has 0 aliphatic carbocycles. The average molecular weight is 226 g/mol. The molecule has 0 aliphatic rings. The Kier molecular flexibility index (Phi) is 2.32. The van der Waals surface area contributed by atoms with E-state index in [1.54, 1.807) is 4.40 Å². The summed E-state index contributed by atoms with van der Waals surface area (Å²) in [6.07, 6.45) is 0.688. The topological polar surface area (TPSA) is 67.5 Å². The number of fused-ring (bicyclic) bond motifs is 1. The molecule has 0 amide bonds. The van der Waals surface area contributed by atoms with Crippen LogP contribution in [0.1, 0.15) is 23.1 Å². The Labute approximate surface area is 90.3 Å². The van der Waals surface area contributed by atoms with Crippen LogP contribution >= 0.6 is 11.6 Å². The minimum atomic E-state index is -1.03. The standard InChI is InChI=1S/C9H8ClN3O2/c1-2-7-11-12-8-4-5(9(14)15)3-6(10)13(7)8/h3-4H,2H2,1H3,(H,14,15). The van der Waals surface area contributed by atoms with E-state index < -0.39 is 5.97 Å². The van der Waals surface area contributed by atoms with Crippen LogP contribution in [-0.4, -0.2) is 25.7 Å². The second-order valence-corrected chi connectivity index (χ2v) is 3.42. The number of hydrogen-bond donors (Lipinski definition) is 1. The number of nitrogens with zero attached hydrogens (tertiary/aromatic N) is 3. The van der Waals surface area contributed by atoms with Crippen LogP contribution in [0.15, 0.2) is 12.1 Å². The Bertz CT molecular complexity index is 535. The molecule has 0 aliphatic heterocycles. The molecule has 2 rings (SSSR count). The molecule has 0 atom stereocenters. The van der Waals surface area contributed by atoms with Gasteiger partial charge in [0.2, 0.25) is 0 Å². The zero-order chi connectivity index (χ0) is 11.0. The van der Waals surface area contributed by atoms with E-state index in [0.717, 1.165) is 0 Å². The van der Waals surface area contributed by atoms with Crippen molar-refractivity contribution in [2.24, 2.45) is 0 Å². The van der Waals surface area contributed by atoms with E-state index in [2.05, 4.69) is 10.2 Å². The van der Waals surface area contributed by atoms with Gasteiger partial charge in [0.15, 0.2) is 5.65 Å². The van der Waals surface area contributed by atoms with Crippen LogP contribution in [0, 0.1) is 0 Å². The minimum Gasteiger partial charge on any atom is -0.478 e. The molecule has 2 heterocycles. The molecule has 0 spiro atoms. The van der Waals surface area contributed by atoms with E-state index >= 15 is 0 Å². The van der Waals surface area contributed by atoms with Crippen molar-refractivity contribution >= 4 is 23.2 Å². The summed E-state index contributed by atoms with van der Waals surface area (Å²) in [7, 11) is 0. The van der Waals surface area contributed by atoms with E-state index in [4.69, 9.17) is 16.7 Å². The van der Waals surface area contributed by atoms with Gasteiger partial charge in [-0.15, -0.1) is 10.2 Å². The molecule has 78 valence electrons. The van der Waals surface area contributed by atoms with Gasteiger partial charge >= 0.3 is 5.97 Å². The second-order valence-electron chi connectivity index (χ2n) is 3.04. The molecule has 0 saturated heterocycles. The first kappa shape index (κ1) is 9.92. The number of carbonyl (C=O) groups is 1. The Hall–Kier alpha value is -1.62. The average Bonchev–Trinajstić information content (AvgIpc) is 2.60.